The van der Waals surface area contributed by atoms with Crippen LogP contribution in [0, 0.1) is 0 Å². The number of rotatable bonds is 4. The number of hydrogen-bond acceptors (Lipinski definition) is 7. The van der Waals surface area contributed by atoms with E-state index in [1.54, 1.807) is 7.11 Å². The molecule has 7 nitrogen and oxygen atoms in total. The number of aromatic nitrogens is 2. The molecule has 1 saturated heterocycles. The molecule has 1 N–H and O–H groups in total. The number of anilines is 1. The zero-order valence-electron chi connectivity index (χ0n) is 19.5. The molecular weight excluding hydrogens is 404 g/mol. The van der Waals surface area contributed by atoms with Crippen LogP contribution in [0.4, 0.5) is 5.82 Å². The van der Waals surface area contributed by atoms with Gasteiger partial charge in [0, 0.05) is 42.0 Å². The Hall–Kier alpha value is -3.19. The summed E-state index contributed by atoms with van der Waals surface area (Å²) in [6.45, 7) is 11.0. The summed E-state index contributed by atoms with van der Waals surface area (Å²) in [5, 5.41) is 14.9. The molecule has 0 unspecified atom stereocenters. The Morgan fingerprint density at radius 1 is 1.06 bits per heavy atom. The van der Waals surface area contributed by atoms with E-state index >= 15 is 0 Å². The van der Waals surface area contributed by atoms with Gasteiger partial charge in [-0.15, -0.1) is 10.2 Å². The molecule has 3 aromatic rings. The number of carbonyl (C=O) groups excluding carboxylic acids is 1. The lowest BCUT2D eigenvalue weighted by atomic mass is 10.0. The highest BCUT2D eigenvalue weighted by Gasteiger charge is 2.20. The highest BCUT2D eigenvalue weighted by atomic mass is 16.5. The lowest BCUT2D eigenvalue weighted by molar-refractivity contribution is -0.138. The SMILES string of the molecule is CC(C)(C)OC=O.COc1ccc(-c2nnc(N3CCN[C@@H](C)C3)c3ccccc23)cc1. The Balaban J connectivity index is 0.000000360. The van der Waals surface area contributed by atoms with Gasteiger partial charge in [-0.25, -0.2) is 0 Å². The van der Waals surface area contributed by atoms with Gasteiger partial charge in [-0.2, -0.15) is 0 Å². The summed E-state index contributed by atoms with van der Waals surface area (Å²) in [5.41, 5.74) is 1.64. The first-order valence-electron chi connectivity index (χ1n) is 10.8. The molecule has 0 amide bonds. The fraction of sp³-hybridized carbons (Fsp3) is 0.400. The first-order chi connectivity index (χ1) is 15.3. The molecule has 0 spiro atoms. The normalized spacial score (nSPS) is 16.2. The van der Waals surface area contributed by atoms with Crippen LogP contribution in [0.5, 0.6) is 5.75 Å². The van der Waals surface area contributed by atoms with Crippen LogP contribution in [0.25, 0.3) is 22.0 Å². The van der Waals surface area contributed by atoms with Crippen molar-refractivity contribution in [3.8, 4) is 17.0 Å². The summed E-state index contributed by atoms with van der Waals surface area (Å²) in [5.74, 6) is 1.81. The van der Waals surface area contributed by atoms with E-state index in [1.165, 1.54) is 0 Å². The highest BCUT2D eigenvalue weighted by molar-refractivity contribution is 6.00. The van der Waals surface area contributed by atoms with Crippen LogP contribution in [0.2, 0.25) is 0 Å². The average Bonchev–Trinajstić information content (AvgIpc) is 2.78. The Morgan fingerprint density at radius 3 is 2.31 bits per heavy atom. The molecule has 1 aromatic heterocycles. The summed E-state index contributed by atoms with van der Waals surface area (Å²) < 4.78 is 9.80. The van der Waals surface area contributed by atoms with Crippen LogP contribution in [-0.4, -0.2) is 55.1 Å². The van der Waals surface area contributed by atoms with Crippen LogP contribution < -0.4 is 15.0 Å². The molecule has 0 saturated carbocycles. The minimum absolute atomic E-state index is 0.318. The van der Waals surface area contributed by atoms with Gasteiger partial charge in [0.1, 0.15) is 17.0 Å². The molecule has 1 fully saturated rings. The van der Waals surface area contributed by atoms with Gasteiger partial charge >= 0.3 is 0 Å². The predicted molar refractivity (Wildman–Crippen MR) is 128 cm³/mol. The van der Waals surface area contributed by atoms with Gasteiger partial charge in [0.05, 0.1) is 7.11 Å². The van der Waals surface area contributed by atoms with E-state index in [0.29, 0.717) is 12.5 Å². The maximum Gasteiger partial charge on any atom is 0.293 e. The molecule has 170 valence electrons. The van der Waals surface area contributed by atoms with Crippen molar-refractivity contribution in [2.75, 3.05) is 31.6 Å². The van der Waals surface area contributed by atoms with E-state index < -0.39 is 0 Å². The molecule has 1 aliphatic rings. The van der Waals surface area contributed by atoms with Gasteiger partial charge in [0.2, 0.25) is 0 Å². The number of ether oxygens (including phenoxy) is 2. The second-order valence-electron chi connectivity index (χ2n) is 8.77. The summed E-state index contributed by atoms with van der Waals surface area (Å²) in [7, 11) is 1.67. The minimum Gasteiger partial charge on any atom is -0.497 e. The quantitative estimate of drug-likeness (QED) is 0.618. The summed E-state index contributed by atoms with van der Waals surface area (Å²) in [4.78, 5) is 11.9. The van der Waals surface area contributed by atoms with Crippen molar-refractivity contribution in [3.05, 3.63) is 48.5 Å². The zero-order valence-corrected chi connectivity index (χ0v) is 19.5. The van der Waals surface area contributed by atoms with Crippen LogP contribution in [0.15, 0.2) is 48.5 Å². The van der Waals surface area contributed by atoms with Crippen molar-refractivity contribution in [1.29, 1.82) is 0 Å². The van der Waals surface area contributed by atoms with Crippen molar-refractivity contribution < 1.29 is 14.3 Å². The Bertz CT molecular complexity index is 1030. The van der Waals surface area contributed by atoms with E-state index in [0.717, 1.165) is 53.2 Å². The molecule has 32 heavy (non-hydrogen) atoms. The molecule has 0 aliphatic carbocycles. The highest BCUT2D eigenvalue weighted by Crippen LogP contribution is 2.32. The Labute approximate surface area is 189 Å². The second kappa shape index (κ2) is 10.4. The minimum atomic E-state index is -0.318. The average molecular weight is 437 g/mol. The first kappa shape index (κ1) is 23.5. The molecule has 1 atom stereocenters. The predicted octanol–water partition coefficient (Wildman–Crippen LogP) is 4.06. The summed E-state index contributed by atoms with van der Waals surface area (Å²) in [6, 6.07) is 16.8. The number of hydrogen-bond donors (Lipinski definition) is 1. The van der Waals surface area contributed by atoms with Crippen LogP contribution in [0.1, 0.15) is 27.7 Å². The number of piperazine rings is 1. The first-order valence-corrected chi connectivity index (χ1v) is 10.8. The van der Waals surface area contributed by atoms with Gasteiger partial charge in [-0.3, -0.25) is 4.79 Å². The van der Waals surface area contributed by atoms with E-state index in [-0.39, 0.29) is 5.60 Å². The molecule has 0 bridgehead atoms. The van der Waals surface area contributed by atoms with Crippen LogP contribution >= 0.6 is 0 Å². The van der Waals surface area contributed by atoms with Gasteiger partial charge in [-0.1, -0.05) is 24.3 Å². The number of carbonyl (C=O) groups is 1. The van der Waals surface area contributed by atoms with Gasteiger partial charge in [0.25, 0.3) is 6.47 Å². The van der Waals surface area contributed by atoms with Gasteiger partial charge < -0.3 is 19.7 Å². The summed E-state index contributed by atoms with van der Waals surface area (Å²) in [6.07, 6.45) is 0. The van der Waals surface area contributed by atoms with Crippen molar-refractivity contribution in [2.24, 2.45) is 0 Å². The number of nitrogens with zero attached hydrogens (tertiary/aromatic N) is 3. The van der Waals surface area contributed by atoms with E-state index in [2.05, 4.69) is 56.3 Å². The van der Waals surface area contributed by atoms with Crippen molar-refractivity contribution in [2.45, 2.75) is 39.3 Å². The van der Waals surface area contributed by atoms with Crippen molar-refractivity contribution in [3.63, 3.8) is 0 Å². The van der Waals surface area contributed by atoms with Crippen molar-refractivity contribution in [1.82, 2.24) is 15.5 Å². The lowest BCUT2D eigenvalue weighted by Gasteiger charge is -2.33. The molecule has 2 heterocycles. The van der Waals surface area contributed by atoms with Gasteiger partial charge in [-0.05, 0) is 52.0 Å². The maximum absolute atomic E-state index is 9.60. The zero-order chi connectivity index (χ0) is 23.1. The number of fused-ring (bicyclic) bond motifs is 1. The van der Waals surface area contributed by atoms with Crippen LogP contribution in [0.3, 0.4) is 0 Å². The lowest BCUT2D eigenvalue weighted by Crippen LogP contribution is -2.49. The molecular formula is C25H32N4O3. The smallest absolute Gasteiger partial charge is 0.293 e. The second-order valence-corrected chi connectivity index (χ2v) is 8.77. The summed E-state index contributed by atoms with van der Waals surface area (Å²) >= 11 is 0. The molecule has 4 rings (SSSR count). The third kappa shape index (κ3) is 5.95. The van der Waals surface area contributed by atoms with E-state index in [9.17, 15) is 4.79 Å². The number of nitrogens with one attached hydrogen (secondary N) is 1. The topological polar surface area (TPSA) is 76.6 Å². The molecule has 7 heteroatoms. The number of methoxy groups -OCH3 is 1. The molecule has 2 aromatic carbocycles. The monoisotopic (exact) mass is 436 g/mol. The van der Waals surface area contributed by atoms with E-state index in [1.807, 2.05) is 45.0 Å². The van der Waals surface area contributed by atoms with E-state index in [4.69, 9.17) is 4.74 Å². The fourth-order valence-electron chi connectivity index (χ4n) is 3.55. The van der Waals surface area contributed by atoms with Crippen LogP contribution in [-0.2, 0) is 9.53 Å². The Morgan fingerprint density at radius 2 is 1.75 bits per heavy atom. The van der Waals surface area contributed by atoms with Crippen molar-refractivity contribution >= 4 is 23.1 Å². The third-order valence-corrected chi connectivity index (χ3v) is 5.10. The third-order valence-electron chi connectivity index (χ3n) is 5.10. The standard InChI is InChI=1S/C20H22N4O.C5H10O2/c1-14-13-24(12-11-21-14)20-18-6-4-3-5-17(18)19(22-23-20)15-7-9-16(25-2)10-8-15;1-5(2,3)7-4-6/h3-10,14,21H,11-13H2,1-2H3;4H,1-3H3/t14-;/m0./s1. The van der Waals surface area contributed by atoms with Gasteiger partial charge in [0.15, 0.2) is 5.82 Å². The fourth-order valence-corrected chi connectivity index (χ4v) is 3.55. The maximum atomic E-state index is 9.60. The Kier molecular flexibility index (Phi) is 7.64. The molecule has 0 radical (unpaired) electrons. The largest absolute Gasteiger partial charge is 0.497 e. The number of benzene rings is 2. The molecule has 1 aliphatic heterocycles.